The molecular formula is C16H14O6. The zero-order valence-corrected chi connectivity index (χ0v) is 11.5. The highest BCUT2D eigenvalue weighted by Gasteiger charge is 2.30. The molecule has 22 heavy (non-hydrogen) atoms. The highest BCUT2D eigenvalue weighted by molar-refractivity contribution is 6.17. The quantitative estimate of drug-likeness (QED) is 0.799. The molecule has 3 rings (SSSR count). The van der Waals surface area contributed by atoms with Gasteiger partial charge in [-0.05, 0) is 16.3 Å². The summed E-state index contributed by atoms with van der Waals surface area (Å²) in [6, 6.07) is 11.2. The van der Waals surface area contributed by atoms with Crippen molar-refractivity contribution in [1.29, 1.82) is 0 Å². The lowest BCUT2D eigenvalue weighted by Gasteiger charge is -2.00. The second kappa shape index (κ2) is 6.36. The molecule has 1 aliphatic carbocycles. The van der Waals surface area contributed by atoms with Crippen LogP contribution in [0.1, 0.15) is 34.9 Å². The molecule has 0 saturated carbocycles. The average Bonchev–Trinajstić information content (AvgIpc) is 2.74. The van der Waals surface area contributed by atoms with Crippen molar-refractivity contribution in [3.8, 4) is 0 Å². The minimum atomic E-state index is -1.08. The summed E-state index contributed by atoms with van der Waals surface area (Å²) in [4.78, 5) is 30.9. The largest absolute Gasteiger partial charge is 0.481 e. The summed E-state index contributed by atoms with van der Waals surface area (Å²) < 4.78 is 0. The van der Waals surface area contributed by atoms with Crippen molar-refractivity contribution in [2.45, 2.75) is 18.9 Å². The number of carboxylic acid groups (broad SMARTS) is 2. The molecule has 0 aliphatic heterocycles. The number of Topliss-reactive ketones (excluding diaryl/α,β-unsaturated/α-hetero) is 1. The molecular weight excluding hydrogens is 288 g/mol. The van der Waals surface area contributed by atoms with Gasteiger partial charge in [-0.15, -0.1) is 0 Å². The zero-order valence-electron chi connectivity index (χ0n) is 11.5. The highest BCUT2D eigenvalue weighted by Crippen LogP contribution is 2.36. The van der Waals surface area contributed by atoms with Crippen LogP contribution in [-0.4, -0.2) is 33.0 Å². The molecule has 0 amide bonds. The summed E-state index contributed by atoms with van der Waals surface area (Å²) in [6.45, 7) is 0. The van der Waals surface area contributed by atoms with E-state index in [2.05, 4.69) is 0 Å². The number of carbonyl (C=O) groups is 3. The van der Waals surface area contributed by atoms with Crippen molar-refractivity contribution in [2.75, 3.05) is 0 Å². The topological polar surface area (TPSA) is 112 Å². The number of carbonyl (C=O) groups excluding carboxylic acids is 1. The van der Waals surface area contributed by atoms with Gasteiger partial charge >= 0.3 is 11.9 Å². The SMILES string of the molecule is O=C(O)CCC(=O)O.O=C1c2cccc3cccc(c23)C1O. The standard InChI is InChI=1S/C12H8O2.C4H6O4/c13-11-8-5-1-3-7-4-2-6-9(10(7)8)12(11)14;5-3(6)1-2-4(7)8/h1-6,11,13H;1-2H2,(H,5,6)(H,7,8). The minimum absolute atomic E-state index is 0.184. The van der Waals surface area contributed by atoms with E-state index >= 15 is 0 Å². The van der Waals surface area contributed by atoms with Crippen LogP contribution in [0, 0.1) is 0 Å². The van der Waals surface area contributed by atoms with Gasteiger partial charge in [-0.25, -0.2) is 0 Å². The van der Waals surface area contributed by atoms with Gasteiger partial charge in [0.2, 0.25) is 0 Å². The molecule has 114 valence electrons. The Labute approximate surface area is 125 Å². The molecule has 1 atom stereocenters. The third-order valence-electron chi connectivity index (χ3n) is 3.30. The van der Waals surface area contributed by atoms with E-state index in [1.165, 1.54) is 0 Å². The molecule has 0 heterocycles. The van der Waals surface area contributed by atoms with Gasteiger partial charge in [0.15, 0.2) is 5.78 Å². The first-order valence-electron chi connectivity index (χ1n) is 6.59. The molecule has 0 aromatic heterocycles. The van der Waals surface area contributed by atoms with Crippen LogP contribution >= 0.6 is 0 Å². The lowest BCUT2D eigenvalue weighted by Crippen LogP contribution is -2.03. The number of rotatable bonds is 3. The molecule has 2 aromatic rings. The molecule has 3 N–H and O–H groups in total. The van der Waals surface area contributed by atoms with Gasteiger partial charge < -0.3 is 15.3 Å². The van der Waals surface area contributed by atoms with Crippen LogP contribution in [0.5, 0.6) is 0 Å². The third-order valence-corrected chi connectivity index (χ3v) is 3.30. The van der Waals surface area contributed by atoms with Crippen LogP contribution in [0.2, 0.25) is 0 Å². The molecule has 0 saturated heterocycles. The number of hydrogen-bond acceptors (Lipinski definition) is 4. The third kappa shape index (κ3) is 3.12. The Morgan fingerprint density at radius 2 is 1.50 bits per heavy atom. The molecule has 6 heteroatoms. The van der Waals surface area contributed by atoms with Gasteiger partial charge in [0.25, 0.3) is 0 Å². The van der Waals surface area contributed by atoms with Crippen LogP contribution in [-0.2, 0) is 9.59 Å². The van der Waals surface area contributed by atoms with E-state index in [0.717, 1.165) is 16.3 Å². The Morgan fingerprint density at radius 3 is 2.05 bits per heavy atom. The minimum Gasteiger partial charge on any atom is -0.481 e. The summed E-state index contributed by atoms with van der Waals surface area (Å²) in [5.41, 5.74) is 1.38. The number of aliphatic hydroxyl groups excluding tert-OH is 1. The molecule has 0 radical (unpaired) electrons. The Kier molecular flexibility index (Phi) is 4.53. The Bertz CT molecular complexity index is 730. The van der Waals surface area contributed by atoms with Gasteiger partial charge in [-0.2, -0.15) is 0 Å². The van der Waals surface area contributed by atoms with Crippen molar-refractivity contribution >= 4 is 28.5 Å². The summed E-state index contributed by atoms with van der Waals surface area (Å²) >= 11 is 0. The summed E-state index contributed by atoms with van der Waals surface area (Å²) in [6.07, 6.45) is -1.55. The monoisotopic (exact) mass is 302 g/mol. The fourth-order valence-electron chi connectivity index (χ4n) is 2.31. The predicted octanol–water partition coefficient (Wildman–Crippen LogP) is 2.01. The Balaban J connectivity index is 0.000000192. The molecule has 2 aromatic carbocycles. The van der Waals surface area contributed by atoms with Crippen LogP contribution in [0.25, 0.3) is 10.8 Å². The first kappa shape index (κ1) is 15.7. The summed E-state index contributed by atoms with van der Waals surface area (Å²) in [5, 5.41) is 27.4. The number of carboxylic acids is 2. The van der Waals surface area contributed by atoms with E-state index in [0.29, 0.717) is 5.56 Å². The number of benzene rings is 2. The van der Waals surface area contributed by atoms with E-state index in [9.17, 15) is 19.5 Å². The zero-order chi connectivity index (χ0) is 16.3. The second-order valence-electron chi connectivity index (χ2n) is 4.81. The van der Waals surface area contributed by atoms with Crippen molar-refractivity contribution in [3.05, 3.63) is 47.5 Å². The van der Waals surface area contributed by atoms with Crippen LogP contribution in [0.3, 0.4) is 0 Å². The van der Waals surface area contributed by atoms with Crippen LogP contribution < -0.4 is 0 Å². The fraction of sp³-hybridized carbons (Fsp3) is 0.188. The maximum Gasteiger partial charge on any atom is 0.303 e. The molecule has 6 nitrogen and oxygen atoms in total. The van der Waals surface area contributed by atoms with E-state index in [1.54, 1.807) is 12.1 Å². The highest BCUT2D eigenvalue weighted by atomic mass is 16.4. The molecule has 0 fully saturated rings. The fourth-order valence-corrected chi connectivity index (χ4v) is 2.31. The van der Waals surface area contributed by atoms with Crippen LogP contribution in [0.4, 0.5) is 0 Å². The number of aliphatic hydroxyl groups is 1. The summed E-state index contributed by atoms with van der Waals surface area (Å²) in [7, 11) is 0. The van der Waals surface area contributed by atoms with E-state index in [4.69, 9.17) is 10.2 Å². The van der Waals surface area contributed by atoms with Crippen molar-refractivity contribution < 1.29 is 29.7 Å². The molecule has 1 unspecified atom stereocenters. The molecule has 1 aliphatic rings. The first-order valence-corrected chi connectivity index (χ1v) is 6.59. The van der Waals surface area contributed by atoms with Gasteiger partial charge in [0.05, 0.1) is 12.8 Å². The molecule has 0 bridgehead atoms. The molecule has 0 spiro atoms. The maximum atomic E-state index is 11.6. The van der Waals surface area contributed by atoms with Gasteiger partial charge in [-0.1, -0.05) is 36.4 Å². The normalized spacial score (nSPS) is 15.3. The first-order chi connectivity index (χ1) is 10.4. The number of hydrogen-bond donors (Lipinski definition) is 3. The van der Waals surface area contributed by atoms with Gasteiger partial charge in [0.1, 0.15) is 6.10 Å². The lowest BCUT2D eigenvalue weighted by atomic mass is 10.1. The van der Waals surface area contributed by atoms with Crippen molar-refractivity contribution in [3.63, 3.8) is 0 Å². The van der Waals surface area contributed by atoms with Crippen molar-refractivity contribution in [2.24, 2.45) is 0 Å². The maximum absolute atomic E-state index is 11.6. The predicted molar refractivity (Wildman–Crippen MR) is 77.7 cm³/mol. The van der Waals surface area contributed by atoms with E-state index < -0.39 is 18.0 Å². The van der Waals surface area contributed by atoms with E-state index in [-0.39, 0.29) is 18.6 Å². The Morgan fingerprint density at radius 1 is 0.955 bits per heavy atom. The average molecular weight is 302 g/mol. The van der Waals surface area contributed by atoms with Gasteiger partial charge in [-0.3, -0.25) is 14.4 Å². The lowest BCUT2D eigenvalue weighted by molar-refractivity contribution is -0.143. The van der Waals surface area contributed by atoms with Crippen molar-refractivity contribution in [1.82, 2.24) is 0 Å². The Hall–Kier alpha value is -2.73. The van der Waals surface area contributed by atoms with Crippen LogP contribution in [0.15, 0.2) is 36.4 Å². The van der Waals surface area contributed by atoms with Gasteiger partial charge in [0, 0.05) is 5.56 Å². The summed E-state index contributed by atoms with van der Waals surface area (Å²) in [5.74, 6) is -2.34. The second-order valence-corrected chi connectivity index (χ2v) is 4.81. The number of aliphatic carboxylic acids is 2. The van der Waals surface area contributed by atoms with E-state index in [1.807, 2.05) is 24.3 Å². The smallest absolute Gasteiger partial charge is 0.303 e. The number of ketones is 1.